The first-order chi connectivity index (χ1) is 14.7. The van der Waals surface area contributed by atoms with E-state index in [0.717, 1.165) is 11.4 Å². The molecule has 0 aliphatic carbocycles. The van der Waals surface area contributed by atoms with Gasteiger partial charge >= 0.3 is 0 Å². The number of alkyl halides is 1. The quantitative estimate of drug-likeness (QED) is 0.113. The van der Waals surface area contributed by atoms with Crippen LogP contribution in [0.15, 0.2) is 29.2 Å². The zero-order valence-electron chi connectivity index (χ0n) is 20.4. The molecule has 0 spiro atoms. The highest BCUT2D eigenvalue weighted by Crippen LogP contribution is 2.17. The molecular weight excluding hydrogens is 430 g/mol. The molecule has 182 valence electrons. The second-order valence-corrected chi connectivity index (χ2v) is 10.4. The number of quaternary nitrogens is 1. The maximum atomic E-state index is 10.4. The van der Waals surface area contributed by atoms with Crippen molar-refractivity contribution in [1.29, 1.82) is 0 Å². The lowest BCUT2D eigenvalue weighted by Gasteiger charge is -2.39. The number of nitrogens with zero attached hydrogens (tertiary/aromatic N) is 1. The number of rotatable bonds is 16. The second-order valence-electron chi connectivity index (χ2n) is 8.67. The van der Waals surface area contributed by atoms with Crippen LogP contribution in [-0.4, -0.2) is 49.5 Å². The monoisotopic (exact) mass is 475 g/mol. The molecule has 6 heteroatoms. The highest BCUT2D eigenvalue weighted by molar-refractivity contribution is 7.85. The Morgan fingerprint density at radius 3 is 1.55 bits per heavy atom. The highest BCUT2D eigenvalue weighted by Gasteiger charge is 2.25. The van der Waals surface area contributed by atoms with Crippen molar-refractivity contribution in [2.45, 2.75) is 96.8 Å². The Balaban J connectivity index is 0.000000683. The van der Waals surface area contributed by atoms with Crippen LogP contribution in [0.3, 0.4) is 0 Å². The third-order valence-electron chi connectivity index (χ3n) is 5.78. The van der Waals surface area contributed by atoms with Gasteiger partial charge in [0.05, 0.1) is 31.1 Å². The Morgan fingerprint density at radius 1 is 0.742 bits per heavy atom. The molecule has 0 amide bonds. The van der Waals surface area contributed by atoms with Gasteiger partial charge < -0.3 is 9.04 Å². The fraction of sp³-hybridized carbons (Fsp3) is 0.760. The van der Waals surface area contributed by atoms with Gasteiger partial charge in [-0.2, -0.15) is 0 Å². The van der Waals surface area contributed by atoms with Gasteiger partial charge in [0.1, 0.15) is 10.1 Å². The summed E-state index contributed by atoms with van der Waals surface area (Å²) in [6.45, 7) is 14.3. The summed E-state index contributed by atoms with van der Waals surface area (Å²) in [6.07, 6.45) is 13.5. The fourth-order valence-electron chi connectivity index (χ4n) is 3.81. The molecule has 0 aliphatic rings. The SMILES string of the molecule is CCCCC[N+](CCCC)(CCCCC)CCCCCl.Cc1ccc(S(=O)(=O)[O-])cc1. The maximum absolute atomic E-state index is 10.4. The summed E-state index contributed by atoms with van der Waals surface area (Å²) in [5.74, 6) is 0.831. The summed E-state index contributed by atoms with van der Waals surface area (Å²) in [5.41, 5.74) is 0.928. The Kier molecular flexibility index (Phi) is 17.5. The second kappa shape index (κ2) is 17.9. The molecule has 31 heavy (non-hydrogen) atoms. The van der Waals surface area contributed by atoms with Crippen molar-refractivity contribution in [3.05, 3.63) is 29.8 Å². The van der Waals surface area contributed by atoms with Crippen LogP contribution >= 0.6 is 11.6 Å². The van der Waals surface area contributed by atoms with Crippen molar-refractivity contribution in [1.82, 2.24) is 0 Å². The van der Waals surface area contributed by atoms with Crippen LogP contribution in [-0.2, 0) is 10.1 Å². The lowest BCUT2D eigenvalue weighted by Crippen LogP contribution is -2.50. The van der Waals surface area contributed by atoms with Crippen LogP contribution in [0.4, 0.5) is 0 Å². The van der Waals surface area contributed by atoms with Gasteiger partial charge in [-0.1, -0.05) is 57.7 Å². The summed E-state index contributed by atoms with van der Waals surface area (Å²) < 4.78 is 32.5. The predicted molar refractivity (Wildman–Crippen MR) is 133 cm³/mol. The first kappa shape index (κ1) is 30.4. The van der Waals surface area contributed by atoms with Crippen molar-refractivity contribution >= 4 is 21.7 Å². The van der Waals surface area contributed by atoms with Gasteiger partial charge in [0.2, 0.25) is 0 Å². The average molecular weight is 476 g/mol. The van der Waals surface area contributed by atoms with Crippen LogP contribution < -0.4 is 0 Å². The lowest BCUT2D eigenvalue weighted by atomic mass is 10.1. The molecule has 0 N–H and O–H groups in total. The molecule has 0 unspecified atom stereocenters. The Morgan fingerprint density at radius 2 is 1.16 bits per heavy atom. The van der Waals surface area contributed by atoms with Gasteiger partial charge in [-0.3, -0.25) is 0 Å². The molecule has 0 aromatic heterocycles. The van der Waals surface area contributed by atoms with Crippen molar-refractivity contribution in [2.24, 2.45) is 0 Å². The van der Waals surface area contributed by atoms with Crippen molar-refractivity contribution in [2.75, 3.05) is 32.1 Å². The molecule has 0 heterocycles. The molecule has 0 aliphatic heterocycles. The summed E-state index contributed by atoms with van der Waals surface area (Å²) in [4.78, 5) is -0.178. The van der Waals surface area contributed by atoms with Gasteiger partial charge in [-0.15, -0.1) is 11.6 Å². The smallest absolute Gasteiger partial charge is 0.124 e. The molecule has 1 rings (SSSR count). The molecular formula is C25H46ClNO3S. The lowest BCUT2D eigenvalue weighted by molar-refractivity contribution is -0.929. The zero-order chi connectivity index (χ0) is 23.6. The van der Waals surface area contributed by atoms with Crippen LogP contribution in [0.5, 0.6) is 0 Å². The number of unbranched alkanes of at least 4 members (excludes halogenated alkanes) is 6. The Labute approximate surface area is 197 Å². The standard InChI is InChI=1S/C18H39ClN.C7H8O3S/c1-4-7-11-16-20(15-9-6-3,17-12-8-5-2)18-13-10-14-19;1-6-2-4-7(5-3-6)11(8,9)10/h4-18H2,1-3H3;2-5H,1H3,(H,8,9,10)/q+1;/p-1. The van der Waals surface area contributed by atoms with Crippen molar-refractivity contribution in [3.8, 4) is 0 Å². The normalized spacial score (nSPS) is 11.8. The Bertz CT molecular complexity index is 621. The van der Waals surface area contributed by atoms with E-state index in [1.165, 1.54) is 107 Å². The third-order valence-corrected chi connectivity index (χ3v) is 6.90. The number of aryl methyl sites for hydroxylation is 1. The van der Waals surface area contributed by atoms with Crippen LogP contribution in [0, 0.1) is 6.92 Å². The molecule has 0 saturated heterocycles. The summed E-state index contributed by atoms with van der Waals surface area (Å²) >= 11 is 5.88. The molecule has 1 aromatic carbocycles. The summed E-state index contributed by atoms with van der Waals surface area (Å²) in [7, 11) is -4.27. The van der Waals surface area contributed by atoms with Crippen LogP contribution in [0.2, 0.25) is 0 Å². The van der Waals surface area contributed by atoms with E-state index in [0.29, 0.717) is 0 Å². The minimum Gasteiger partial charge on any atom is -0.744 e. The van der Waals surface area contributed by atoms with E-state index in [9.17, 15) is 13.0 Å². The van der Waals surface area contributed by atoms with Gasteiger partial charge in [0.25, 0.3) is 0 Å². The van der Waals surface area contributed by atoms with E-state index in [1.54, 1.807) is 12.1 Å². The zero-order valence-corrected chi connectivity index (χ0v) is 21.9. The molecule has 0 atom stereocenters. The minimum absolute atomic E-state index is 0.178. The first-order valence-corrected chi connectivity index (χ1v) is 14.1. The fourth-order valence-corrected chi connectivity index (χ4v) is 4.46. The molecule has 4 nitrogen and oxygen atoms in total. The first-order valence-electron chi connectivity index (χ1n) is 12.2. The largest absolute Gasteiger partial charge is 0.744 e. The summed E-state index contributed by atoms with van der Waals surface area (Å²) in [6, 6.07) is 5.78. The van der Waals surface area contributed by atoms with E-state index in [2.05, 4.69) is 20.8 Å². The van der Waals surface area contributed by atoms with Crippen LogP contribution in [0.25, 0.3) is 0 Å². The highest BCUT2D eigenvalue weighted by atomic mass is 35.5. The van der Waals surface area contributed by atoms with Gasteiger partial charge in [-0.25, -0.2) is 8.42 Å². The van der Waals surface area contributed by atoms with Gasteiger partial charge in [0, 0.05) is 5.88 Å². The third kappa shape index (κ3) is 15.0. The molecule has 0 fully saturated rings. The number of hydrogen-bond donors (Lipinski definition) is 0. The topological polar surface area (TPSA) is 57.2 Å². The van der Waals surface area contributed by atoms with E-state index >= 15 is 0 Å². The summed E-state index contributed by atoms with van der Waals surface area (Å²) in [5, 5.41) is 0. The van der Waals surface area contributed by atoms with E-state index in [1.807, 2.05) is 6.92 Å². The minimum atomic E-state index is -4.27. The molecule has 0 radical (unpaired) electrons. The average Bonchev–Trinajstić information content (AvgIpc) is 2.73. The Hall–Kier alpha value is -0.620. The van der Waals surface area contributed by atoms with E-state index < -0.39 is 10.1 Å². The van der Waals surface area contributed by atoms with Crippen molar-refractivity contribution in [3.63, 3.8) is 0 Å². The number of halogens is 1. The van der Waals surface area contributed by atoms with E-state index in [-0.39, 0.29) is 4.90 Å². The molecule has 1 aromatic rings. The maximum Gasteiger partial charge on any atom is 0.124 e. The van der Waals surface area contributed by atoms with E-state index in [4.69, 9.17) is 11.6 Å². The molecule has 0 bridgehead atoms. The van der Waals surface area contributed by atoms with Crippen LogP contribution in [0.1, 0.15) is 90.5 Å². The molecule has 0 saturated carbocycles. The number of hydrogen-bond acceptors (Lipinski definition) is 3. The van der Waals surface area contributed by atoms with Gasteiger partial charge in [0.15, 0.2) is 0 Å². The predicted octanol–water partition coefficient (Wildman–Crippen LogP) is 6.90. The van der Waals surface area contributed by atoms with Gasteiger partial charge in [-0.05, 0) is 64.0 Å². The number of benzene rings is 1. The van der Waals surface area contributed by atoms with Crippen molar-refractivity contribution < 1.29 is 17.5 Å².